The van der Waals surface area contributed by atoms with Crippen LogP contribution in [0, 0.1) is 10.8 Å². The van der Waals surface area contributed by atoms with Crippen LogP contribution in [0.2, 0.25) is 0 Å². The molecule has 1 aromatic carbocycles. The van der Waals surface area contributed by atoms with Crippen molar-refractivity contribution in [2.24, 2.45) is 11.1 Å². The normalized spacial score (nSPS) is 16.5. The Morgan fingerprint density at radius 1 is 1.35 bits per heavy atom. The lowest BCUT2D eigenvalue weighted by atomic mass is 10.0. The molecular weight excluding hydrogens is 212 g/mol. The highest BCUT2D eigenvalue weighted by Crippen LogP contribution is 2.48. The van der Waals surface area contributed by atoms with Crippen LogP contribution in [-0.4, -0.2) is 12.4 Å². The second-order valence-corrected chi connectivity index (χ2v) is 4.99. The molecule has 17 heavy (non-hydrogen) atoms. The van der Waals surface area contributed by atoms with E-state index in [9.17, 15) is 0 Å². The topological polar surface area (TPSA) is 59.1 Å². The van der Waals surface area contributed by atoms with Gasteiger partial charge >= 0.3 is 0 Å². The fraction of sp³-hybridized carbons (Fsp3) is 0.500. The predicted molar refractivity (Wildman–Crippen MR) is 69.5 cm³/mol. The smallest absolute Gasteiger partial charge is 0.119 e. The van der Waals surface area contributed by atoms with Crippen molar-refractivity contribution >= 4 is 5.84 Å². The second kappa shape index (κ2) is 4.78. The number of hydrogen-bond acceptors (Lipinski definition) is 2. The number of nitrogens with two attached hydrogens (primary N) is 1. The van der Waals surface area contributed by atoms with Crippen molar-refractivity contribution in [3.63, 3.8) is 0 Å². The highest BCUT2D eigenvalue weighted by molar-refractivity contribution is 5.78. The van der Waals surface area contributed by atoms with Gasteiger partial charge in [-0.3, -0.25) is 5.41 Å². The zero-order chi connectivity index (χ0) is 12.3. The first-order valence-electron chi connectivity index (χ1n) is 6.18. The van der Waals surface area contributed by atoms with Crippen LogP contribution in [0.15, 0.2) is 24.3 Å². The second-order valence-electron chi connectivity index (χ2n) is 4.99. The van der Waals surface area contributed by atoms with Gasteiger partial charge in [-0.05, 0) is 37.0 Å². The first-order valence-corrected chi connectivity index (χ1v) is 6.18. The molecule has 1 aromatic rings. The van der Waals surface area contributed by atoms with Gasteiger partial charge in [0.05, 0.1) is 12.4 Å². The van der Waals surface area contributed by atoms with Crippen LogP contribution in [0.5, 0.6) is 5.75 Å². The maximum Gasteiger partial charge on any atom is 0.119 e. The molecular formula is C14H20N2O. The Morgan fingerprint density at radius 2 is 2.00 bits per heavy atom. The summed E-state index contributed by atoms with van der Waals surface area (Å²) in [5, 5.41) is 7.35. The van der Waals surface area contributed by atoms with E-state index in [-0.39, 0.29) is 11.3 Å². The summed E-state index contributed by atoms with van der Waals surface area (Å²) in [6.45, 7) is 2.82. The Kier molecular flexibility index (Phi) is 3.36. The van der Waals surface area contributed by atoms with Gasteiger partial charge in [-0.25, -0.2) is 0 Å². The number of nitrogens with one attached hydrogen (secondary N) is 1. The van der Waals surface area contributed by atoms with Gasteiger partial charge < -0.3 is 10.5 Å². The zero-order valence-corrected chi connectivity index (χ0v) is 10.3. The average Bonchev–Trinajstić information content (AvgIpc) is 3.06. The SMILES string of the molecule is CCc1ccc(OCC2(CC(=N)N)CC2)cc1. The zero-order valence-electron chi connectivity index (χ0n) is 10.3. The van der Waals surface area contributed by atoms with E-state index in [1.165, 1.54) is 5.56 Å². The Bertz CT molecular complexity index is 393. The first kappa shape index (κ1) is 12.0. The molecule has 3 nitrogen and oxygen atoms in total. The number of amidine groups is 1. The predicted octanol–water partition coefficient (Wildman–Crippen LogP) is 2.73. The van der Waals surface area contributed by atoms with Gasteiger partial charge in [0.2, 0.25) is 0 Å². The number of rotatable bonds is 6. The van der Waals surface area contributed by atoms with Gasteiger partial charge in [-0.2, -0.15) is 0 Å². The van der Waals surface area contributed by atoms with Crippen molar-refractivity contribution in [3.05, 3.63) is 29.8 Å². The molecule has 3 N–H and O–H groups in total. The van der Waals surface area contributed by atoms with Crippen molar-refractivity contribution in [2.75, 3.05) is 6.61 Å². The molecule has 0 saturated heterocycles. The van der Waals surface area contributed by atoms with E-state index >= 15 is 0 Å². The van der Waals surface area contributed by atoms with E-state index in [4.69, 9.17) is 15.9 Å². The molecule has 0 bridgehead atoms. The van der Waals surface area contributed by atoms with Gasteiger partial charge in [0, 0.05) is 11.8 Å². The minimum absolute atomic E-state index is 0.148. The van der Waals surface area contributed by atoms with E-state index in [0.717, 1.165) is 25.0 Å². The summed E-state index contributed by atoms with van der Waals surface area (Å²) in [6, 6.07) is 8.23. The van der Waals surface area contributed by atoms with Gasteiger partial charge in [0.15, 0.2) is 0 Å². The summed E-state index contributed by atoms with van der Waals surface area (Å²) in [4.78, 5) is 0. The maximum atomic E-state index is 7.35. The molecule has 0 atom stereocenters. The van der Waals surface area contributed by atoms with Gasteiger partial charge in [-0.1, -0.05) is 19.1 Å². The van der Waals surface area contributed by atoms with Crippen molar-refractivity contribution in [3.8, 4) is 5.75 Å². The third-order valence-corrected chi connectivity index (χ3v) is 3.40. The molecule has 0 heterocycles. The third kappa shape index (κ3) is 3.22. The van der Waals surface area contributed by atoms with Crippen LogP contribution >= 0.6 is 0 Å². The van der Waals surface area contributed by atoms with Crippen LogP contribution in [0.3, 0.4) is 0 Å². The summed E-state index contributed by atoms with van der Waals surface area (Å²) in [5.74, 6) is 1.18. The Hall–Kier alpha value is -1.51. The van der Waals surface area contributed by atoms with E-state index in [1.807, 2.05) is 12.1 Å². The number of benzene rings is 1. The highest BCUT2D eigenvalue weighted by Gasteiger charge is 2.43. The van der Waals surface area contributed by atoms with Crippen molar-refractivity contribution in [2.45, 2.75) is 32.6 Å². The lowest BCUT2D eigenvalue weighted by molar-refractivity contribution is 0.238. The monoisotopic (exact) mass is 232 g/mol. The number of ether oxygens (including phenoxy) is 1. The van der Waals surface area contributed by atoms with E-state index in [0.29, 0.717) is 13.0 Å². The third-order valence-electron chi connectivity index (χ3n) is 3.40. The van der Waals surface area contributed by atoms with Crippen molar-refractivity contribution in [1.29, 1.82) is 5.41 Å². The lowest BCUT2D eigenvalue weighted by Gasteiger charge is -2.15. The molecule has 0 spiro atoms. The molecule has 0 aromatic heterocycles. The summed E-state index contributed by atoms with van der Waals surface area (Å²) in [5.41, 5.74) is 6.92. The molecule has 1 aliphatic carbocycles. The largest absolute Gasteiger partial charge is 0.493 e. The fourth-order valence-corrected chi connectivity index (χ4v) is 2.01. The lowest BCUT2D eigenvalue weighted by Crippen LogP contribution is -2.21. The summed E-state index contributed by atoms with van der Waals surface area (Å²) in [6.07, 6.45) is 3.97. The van der Waals surface area contributed by atoms with Gasteiger partial charge in [-0.15, -0.1) is 0 Å². The molecule has 0 aliphatic heterocycles. The first-order chi connectivity index (χ1) is 8.13. The standard InChI is InChI=1S/C14H20N2O/c1-2-11-3-5-12(6-4-11)17-10-14(7-8-14)9-13(15)16/h3-6H,2,7-10H2,1H3,(H3,15,16). The highest BCUT2D eigenvalue weighted by atomic mass is 16.5. The van der Waals surface area contributed by atoms with Gasteiger partial charge in [0.25, 0.3) is 0 Å². The molecule has 2 rings (SSSR count). The minimum atomic E-state index is 0.148. The Balaban J connectivity index is 1.87. The van der Waals surface area contributed by atoms with Crippen LogP contribution in [0.1, 0.15) is 31.7 Å². The molecule has 92 valence electrons. The molecule has 3 heteroatoms. The fourth-order valence-electron chi connectivity index (χ4n) is 2.01. The van der Waals surface area contributed by atoms with Crippen molar-refractivity contribution in [1.82, 2.24) is 0 Å². The summed E-state index contributed by atoms with van der Waals surface area (Å²) >= 11 is 0. The maximum absolute atomic E-state index is 7.35. The van der Waals surface area contributed by atoms with Crippen LogP contribution in [-0.2, 0) is 6.42 Å². The van der Waals surface area contributed by atoms with Crippen LogP contribution < -0.4 is 10.5 Å². The summed E-state index contributed by atoms with van der Waals surface area (Å²) in [7, 11) is 0. The molecule has 0 unspecified atom stereocenters. The number of hydrogen-bond donors (Lipinski definition) is 2. The number of aryl methyl sites for hydroxylation is 1. The van der Waals surface area contributed by atoms with Crippen molar-refractivity contribution < 1.29 is 4.74 Å². The minimum Gasteiger partial charge on any atom is -0.493 e. The molecule has 1 fully saturated rings. The molecule has 0 amide bonds. The quantitative estimate of drug-likeness (QED) is 0.585. The van der Waals surface area contributed by atoms with Gasteiger partial charge in [0.1, 0.15) is 5.75 Å². The Morgan fingerprint density at radius 3 is 2.47 bits per heavy atom. The van der Waals surface area contributed by atoms with Crippen LogP contribution in [0.4, 0.5) is 0 Å². The molecule has 1 saturated carbocycles. The molecule has 0 radical (unpaired) electrons. The Labute approximate surface area is 102 Å². The van der Waals surface area contributed by atoms with E-state index in [2.05, 4.69) is 19.1 Å². The average molecular weight is 232 g/mol. The van der Waals surface area contributed by atoms with E-state index < -0.39 is 0 Å². The molecule has 1 aliphatic rings. The summed E-state index contributed by atoms with van der Waals surface area (Å²) < 4.78 is 5.78. The van der Waals surface area contributed by atoms with E-state index in [1.54, 1.807) is 0 Å². The van der Waals surface area contributed by atoms with Crippen LogP contribution in [0.25, 0.3) is 0 Å².